The smallest absolute Gasteiger partial charge is 0.315 e. The first kappa shape index (κ1) is 27.7. The number of carbonyl (C=O) groups is 3. The second kappa shape index (κ2) is 11.0. The average Bonchev–Trinajstić information content (AvgIpc) is 3.47. The van der Waals surface area contributed by atoms with Crippen molar-refractivity contribution in [3.05, 3.63) is 29.5 Å². The van der Waals surface area contributed by atoms with Gasteiger partial charge in [-0.05, 0) is 31.0 Å². The molecule has 1 heterocycles. The van der Waals surface area contributed by atoms with E-state index >= 15 is 0 Å². The van der Waals surface area contributed by atoms with Crippen LogP contribution in [0.5, 0.6) is 5.75 Å². The molecule has 0 bridgehead atoms. The van der Waals surface area contributed by atoms with E-state index in [2.05, 4.69) is 20.3 Å². The van der Waals surface area contributed by atoms with Crippen molar-refractivity contribution < 1.29 is 36.0 Å². The predicted octanol–water partition coefficient (Wildman–Crippen LogP) is 1.55. The number of Topliss-reactive ketones (excluding diaryl/α,β-unsaturated/α-hetero) is 1. The van der Waals surface area contributed by atoms with Gasteiger partial charge in [0, 0.05) is 17.7 Å². The number of nitrogens with zero attached hydrogens (tertiary/aromatic N) is 1. The lowest BCUT2D eigenvalue weighted by Crippen LogP contribution is -2.30. The molecule has 196 valence electrons. The summed E-state index contributed by atoms with van der Waals surface area (Å²) in [5.41, 5.74) is 0.246. The number of anilines is 2. The lowest BCUT2D eigenvalue weighted by Gasteiger charge is -2.14. The lowest BCUT2D eigenvalue weighted by molar-refractivity contribution is -0.133. The van der Waals surface area contributed by atoms with Gasteiger partial charge < -0.3 is 10.1 Å². The maximum Gasteiger partial charge on any atom is 0.315 e. The van der Waals surface area contributed by atoms with E-state index in [-0.39, 0.29) is 38.0 Å². The molecule has 0 unspecified atom stereocenters. The van der Waals surface area contributed by atoms with Crippen LogP contribution < -0.4 is 20.1 Å². The average molecular weight is 559 g/mol. The van der Waals surface area contributed by atoms with Crippen molar-refractivity contribution in [2.45, 2.75) is 36.4 Å². The molecule has 0 spiro atoms. The molecular formula is C21H26N4O8S3. The molecule has 0 saturated heterocycles. The summed E-state index contributed by atoms with van der Waals surface area (Å²) >= 11 is 0.582. The molecule has 1 aromatic carbocycles. The number of amides is 2. The zero-order valence-electron chi connectivity index (χ0n) is 19.8. The second-order valence-electron chi connectivity index (χ2n) is 8.28. The van der Waals surface area contributed by atoms with Crippen molar-refractivity contribution in [2.24, 2.45) is 5.92 Å². The van der Waals surface area contributed by atoms with Crippen LogP contribution in [0.3, 0.4) is 0 Å². The van der Waals surface area contributed by atoms with Crippen molar-refractivity contribution in [2.75, 3.05) is 30.3 Å². The fourth-order valence-corrected chi connectivity index (χ4v) is 6.19. The standard InChI is InChI=1S/C21H26N4O8S3/c1-33-13-8-9-15(14(10-13)17(26)12-6-4-5-7-12)23-18(27)19(28)25-21-24-16(11-22-36(3,31)32)20(34-21)35(2,29)30/h8-10,12,22H,4-7,11H2,1-3H3,(H,23,27)(H,24,25,28). The van der Waals surface area contributed by atoms with Crippen molar-refractivity contribution in [1.82, 2.24) is 9.71 Å². The Balaban J connectivity index is 1.79. The van der Waals surface area contributed by atoms with Gasteiger partial charge in [0.15, 0.2) is 20.8 Å². The molecule has 0 atom stereocenters. The molecule has 1 aliphatic carbocycles. The number of sulfonamides is 1. The minimum Gasteiger partial charge on any atom is -0.497 e. The number of hydrogen-bond donors (Lipinski definition) is 3. The molecule has 2 amide bonds. The van der Waals surface area contributed by atoms with Crippen molar-refractivity contribution >= 4 is 59.6 Å². The van der Waals surface area contributed by atoms with Crippen LogP contribution >= 0.6 is 11.3 Å². The largest absolute Gasteiger partial charge is 0.497 e. The highest BCUT2D eigenvalue weighted by Crippen LogP contribution is 2.32. The van der Waals surface area contributed by atoms with E-state index in [0.717, 1.165) is 38.2 Å². The highest BCUT2D eigenvalue weighted by atomic mass is 32.2. The summed E-state index contributed by atoms with van der Waals surface area (Å²) in [7, 11) is -5.98. The van der Waals surface area contributed by atoms with Crippen LogP contribution in [0.2, 0.25) is 0 Å². The molecule has 3 N–H and O–H groups in total. The summed E-state index contributed by atoms with van der Waals surface area (Å²) in [6, 6.07) is 4.51. The van der Waals surface area contributed by atoms with Crippen LogP contribution in [-0.4, -0.2) is 59.0 Å². The summed E-state index contributed by atoms with van der Waals surface area (Å²) in [5, 5.41) is 4.44. The number of rotatable bonds is 9. The number of benzene rings is 1. The number of nitrogens with one attached hydrogen (secondary N) is 3. The zero-order valence-corrected chi connectivity index (χ0v) is 22.2. The number of ketones is 1. The van der Waals surface area contributed by atoms with Crippen LogP contribution in [0.15, 0.2) is 22.4 Å². The number of aromatic nitrogens is 1. The first-order chi connectivity index (χ1) is 16.8. The van der Waals surface area contributed by atoms with Gasteiger partial charge in [0.2, 0.25) is 10.0 Å². The number of methoxy groups -OCH3 is 1. The van der Waals surface area contributed by atoms with Gasteiger partial charge in [-0.15, -0.1) is 0 Å². The molecular weight excluding hydrogens is 532 g/mol. The molecule has 36 heavy (non-hydrogen) atoms. The topological polar surface area (TPSA) is 178 Å². The molecule has 12 nitrogen and oxygen atoms in total. The summed E-state index contributed by atoms with van der Waals surface area (Å²) in [6.45, 7) is -0.418. The SMILES string of the molecule is COc1ccc(NC(=O)C(=O)Nc2nc(CNS(C)(=O)=O)c(S(C)(=O)=O)s2)c(C(=O)C2CCCC2)c1. The Morgan fingerprint density at radius 1 is 1.06 bits per heavy atom. The minimum absolute atomic E-state index is 0.122. The first-order valence-corrected chi connectivity index (χ1v) is 15.4. The highest BCUT2D eigenvalue weighted by Gasteiger charge is 2.28. The van der Waals surface area contributed by atoms with Gasteiger partial charge in [-0.2, -0.15) is 0 Å². The summed E-state index contributed by atoms with van der Waals surface area (Å²) in [6.07, 6.45) is 5.18. The Morgan fingerprint density at radius 3 is 2.28 bits per heavy atom. The summed E-state index contributed by atoms with van der Waals surface area (Å²) in [4.78, 5) is 42.1. The molecule has 1 saturated carbocycles. The Hall–Kier alpha value is -2.88. The molecule has 1 fully saturated rings. The third kappa shape index (κ3) is 7.09. The van der Waals surface area contributed by atoms with Gasteiger partial charge in [-0.1, -0.05) is 24.2 Å². The normalized spacial score (nSPS) is 14.4. The van der Waals surface area contributed by atoms with Crippen LogP contribution in [-0.2, 0) is 36.0 Å². The predicted molar refractivity (Wildman–Crippen MR) is 133 cm³/mol. The van der Waals surface area contributed by atoms with E-state index in [0.29, 0.717) is 17.1 Å². The maximum atomic E-state index is 13.0. The Kier molecular flexibility index (Phi) is 8.48. The van der Waals surface area contributed by atoms with Crippen molar-refractivity contribution in [3.8, 4) is 5.75 Å². The number of sulfone groups is 1. The minimum atomic E-state index is -3.79. The van der Waals surface area contributed by atoms with Gasteiger partial charge in [-0.3, -0.25) is 19.7 Å². The molecule has 0 aliphatic heterocycles. The van der Waals surface area contributed by atoms with Crippen LogP contribution in [0.25, 0.3) is 0 Å². The number of carbonyl (C=O) groups excluding carboxylic acids is 3. The lowest BCUT2D eigenvalue weighted by atomic mass is 9.95. The quantitative estimate of drug-likeness (QED) is 0.304. The number of thiazole rings is 1. The molecule has 2 aromatic rings. The third-order valence-electron chi connectivity index (χ3n) is 5.39. The monoisotopic (exact) mass is 558 g/mol. The van der Waals surface area contributed by atoms with E-state index in [1.165, 1.54) is 19.2 Å². The second-order valence-corrected chi connectivity index (χ2v) is 13.3. The molecule has 0 radical (unpaired) electrons. The number of ether oxygens (including phenoxy) is 1. The van der Waals surface area contributed by atoms with Crippen LogP contribution in [0.1, 0.15) is 41.7 Å². The molecule has 3 rings (SSSR count). The molecule has 1 aromatic heterocycles. The van der Waals surface area contributed by atoms with E-state index in [4.69, 9.17) is 4.74 Å². The summed E-state index contributed by atoms with van der Waals surface area (Å²) in [5.74, 6) is -2.16. The van der Waals surface area contributed by atoms with Crippen LogP contribution in [0.4, 0.5) is 10.8 Å². The first-order valence-electron chi connectivity index (χ1n) is 10.8. The van der Waals surface area contributed by atoms with E-state index in [1.54, 1.807) is 6.07 Å². The fraction of sp³-hybridized carbons (Fsp3) is 0.429. The Labute approximate surface area is 212 Å². The van der Waals surface area contributed by atoms with Crippen LogP contribution in [0, 0.1) is 5.92 Å². The zero-order chi connectivity index (χ0) is 26.7. The van der Waals surface area contributed by atoms with Gasteiger partial charge in [-0.25, -0.2) is 26.5 Å². The molecule has 1 aliphatic rings. The van der Waals surface area contributed by atoms with E-state index in [1.807, 2.05) is 0 Å². The molecule has 15 heteroatoms. The van der Waals surface area contributed by atoms with E-state index < -0.39 is 38.2 Å². The van der Waals surface area contributed by atoms with Gasteiger partial charge in [0.05, 0.1) is 31.3 Å². The van der Waals surface area contributed by atoms with E-state index in [9.17, 15) is 31.2 Å². The third-order valence-corrected chi connectivity index (χ3v) is 8.94. The van der Waals surface area contributed by atoms with Gasteiger partial charge in [0.25, 0.3) is 0 Å². The van der Waals surface area contributed by atoms with Gasteiger partial charge in [0.1, 0.15) is 9.96 Å². The van der Waals surface area contributed by atoms with Crippen molar-refractivity contribution in [3.63, 3.8) is 0 Å². The van der Waals surface area contributed by atoms with Crippen molar-refractivity contribution in [1.29, 1.82) is 0 Å². The summed E-state index contributed by atoms with van der Waals surface area (Å²) < 4.78 is 54.0. The maximum absolute atomic E-state index is 13.0. The Morgan fingerprint density at radius 2 is 1.69 bits per heavy atom. The fourth-order valence-electron chi connectivity index (χ4n) is 3.70. The number of hydrogen-bond acceptors (Lipinski definition) is 10. The Bertz CT molecular complexity index is 1390. The highest BCUT2D eigenvalue weighted by molar-refractivity contribution is 7.93. The van der Waals surface area contributed by atoms with Gasteiger partial charge >= 0.3 is 11.8 Å².